The number of alkyl halides is 1. The molecule has 2 fully saturated rings. The smallest absolute Gasteiger partial charge is 0.147 e. The van der Waals surface area contributed by atoms with Gasteiger partial charge in [-0.05, 0) is 31.7 Å². The van der Waals surface area contributed by atoms with Crippen LogP contribution < -0.4 is 4.90 Å². The van der Waals surface area contributed by atoms with E-state index in [-0.39, 0.29) is 0 Å². The van der Waals surface area contributed by atoms with E-state index in [9.17, 15) is 0 Å². The van der Waals surface area contributed by atoms with Crippen LogP contribution in [0.15, 0.2) is 12.3 Å². The van der Waals surface area contributed by atoms with Gasteiger partial charge in [0.25, 0.3) is 0 Å². The molecule has 2 aliphatic heterocycles. The fraction of sp³-hybridized carbons (Fsp3) is 0.583. The van der Waals surface area contributed by atoms with Gasteiger partial charge in [-0.2, -0.15) is 0 Å². The van der Waals surface area contributed by atoms with Crippen LogP contribution in [0.1, 0.15) is 25.7 Å². The van der Waals surface area contributed by atoms with Crippen LogP contribution in [0.5, 0.6) is 0 Å². The van der Waals surface area contributed by atoms with Crippen LogP contribution in [0, 0.1) is 0 Å². The number of piperidine rings is 1. The minimum atomic E-state index is 0.301. The Bertz CT molecular complexity index is 424. The van der Waals surface area contributed by atoms with Crippen molar-refractivity contribution in [2.45, 2.75) is 43.1 Å². The molecule has 0 saturated carbocycles. The molecule has 2 nitrogen and oxygen atoms in total. The third-order valence-electron chi connectivity index (χ3n) is 3.71. The van der Waals surface area contributed by atoms with Crippen molar-refractivity contribution in [2.24, 2.45) is 0 Å². The molecular formula is C12H13Cl3N2. The highest BCUT2D eigenvalue weighted by molar-refractivity contribution is 6.36. The molecule has 0 N–H and O–H groups in total. The zero-order valence-corrected chi connectivity index (χ0v) is 11.5. The van der Waals surface area contributed by atoms with E-state index in [2.05, 4.69) is 9.88 Å². The molecule has 3 rings (SSSR count). The highest BCUT2D eigenvalue weighted by atomic mass is 35.5. The van der Waals surface area contributed by atoms with Crippen molar-refractivity contribution < 1.29 is 0 Å². The average molecular weight is 292 g/mol. The third-order valence-corrected chi connectivity index (χ3v) is 4.55. The first kappa shape index (κ1) is 11.9. The normalized spacial score (nSPS) is 31.9. The van der Waals surface area contributed by atoms with Gasteiger partial charge in [0.2, 0.25) is 0 Å². The lowest BCUT2D eigenvalue weighted by atomic mass is 10.0. The zero-order valence-electron chi connectivity index (χ0n) is 9.24. The summed E-state index contributed by atoms with van der Waals surface area (Å²) in [7, 11) is 0. The summed E-state index contributed by atoms with van der Waals surface area (Å²) in [6.07, 6.45) is 6.09. The molecule has 3 heterocycles. The number of nitrogens with zero attached hydrogens (tertiary/aromatic N) is 2. The highest BCUT2D eigenvalue weighted by Gasteiger charge is 2.41. The summed E-state index contributed by atoms with van der Waals surface area (Å²) in [5.41, 5.74) is 0. The molecule has 1 aromatic heterocycles. The van der Waals surface area contributed by atoms with Crippen LogP contribution in [0.3, 0.4) is 0 Å². The van der Waals surface area contributed by atoms with Crippen LogP contribution in [0.2, 0.25) is 10.0 Å². The second-order valence-corrected chi connectivity index (χ2v) is 6.28. The van der Waals surface area contributed by atoms with Gasteiger partial charge in [-0.25, -0.2) is 4.98 Å². The van der Waals surface area contributed by atoms with Crippen molar-refractivity contribution in [1.29, 1.82) is 0 Å². The molecule has 2 unspecified atom stereocenters. The van der Waals surface area contributed by atoms with Crippen LogP contribution in [0.25, 0.3) is 0 Å². The summed E-state index contributed by atoms with van der Waals surface area (Å²) in [6, 6.07) is 2.74. The highest BCUT2D eigenvalue weighted by Crippen LogP contribution is 2.42. The predicted molar refractivity (Wildman–Crippen MR) is 72.4 cm³/mol. The first-order valence-corrected chi connectivity index (χ1v) is 7.08. The van der Waals surface area contributed by atoms with Crippen LogP contribution in [-0.4, -0.2) is 22.4 Å². The fourth-order valence-corrected chi connectivity index (χ4v) is 3.94. The van der Waals surface area contributed by atoms with Crippen molar-refractivity contribution in [1.82, 2.24) is 4.98 Å². The minimum Gasteiger partial charge on any atom is -0.349 e. The standard InChI is InChI=1S/C12H13Cl3N2/c13-7-3-9-1-2-10(4-7)17(9)12-11(15)5-8(14)6-16-12/h5-7,9-10H,1-4H2. The average Bonchev–Trinajstić information content (AvgIpc) is 2.53. The number of anilines is 1. The molecular weight excluding hydrogens is 279 g/mol. The molecule has 17 heavy (non-hydrogen) atoms. The maximum Gasteiger partial charge on any atom is 0.147 e. The van der Waals surface area contributed by atoms with Gasteiger partial charge in [0.1, 0.15) is 5.82 Å². The quantitative estimate of drug-likeness (QED) is 0.723. The van der Waals surface area contributed by atoms with E-state index in [0.29, 0.717) is 27.5 Å². The number of rotatable bonds is 1. The summed E-state index contributed by atoms with van der Waals surface area (Å²) in [5, 5.41) is 1.52. The van der Waals surface area contributed by atoms with Gasteiger partial charge in [0, 0.05) is 23.7 Å². The van der Waals surface area contributed by atoms with E-state index in [0.717, 1.165) is 18.7 Å². The van der Waals surface area contributed by atoms with Gasteiger partial charge in [-0.15, -0.1) is 11.6 Å². The van der Waals surface area contributed by atoms with E-state index in [1.165, 1.54) is 12.8 Å². The van der Waals surface area contributed by atoms with Crippen LogP contribution in [-0.2, 0) is 0 Å². The Kier molecular flexibility index (Phi) is 3.14. The second kappa shape index (κ2) is 4.49. The predicted octanol–water partition coefficient (Wildman–Crippen LogP) is 4.13. The number of hydrogen-bond acceptors (Lipinski definition) is 2. The first-order valence-electron chi connectivity index (χ1n) is 5.88. The Balaban J connectivity index is 1.94. The molecule has 5 heteroatoms. The molecule has 0 spiro atoms. The largest absolute Gasteiger partial charge is 0.349 e. The lowest BCUT2D eigenvalue weighted by molar-refractivity contribution is 0.470. The van der Waals surface area contributed by atoms with Gasteiger partial charge in [-0.3, -0.25) is 0 Å². The number of fused-ring (bicyclic) bond motifs is 2. The summed E-state index contributed by atoms with van der Waals surface area (Å²) in [6.45, 7) is 0. The summed E-state index contributed by atoms with van der Waals surface area (Å²) in [5.74, 6) is 0.868. The van der Waals surface area contributed by atoms with E-state index < -0.39 is 0 Å². The topological polar surface area (TPSA) is 16.1 Å². The monoisotopic (exact) mass is 290 g/mol. The maximum atomic E-state index is 6.26. The first-order chi connectivity index (χ1) is 8.15. The van der Waals surface area contributed by atoms with Crippen molar-refractivity contribution in [3.05, 3.63) is 22.3 Å². The van der Waals surface area contributed by atoms with E-state index >= 15 is 0 Å². The molecule has 1 aromatic rings. The lowest BCUT2D eigenvalue weighted by Crippen LogP contribution is -2.44. The van der Waals surface area contributed by atoms with Crippen molar-refractivity contribution in [3.8, 4) is 0 Å². The van der Waals surface area contributed by atoms with Crippen molar-refractivity contribution in [2.75, 3.05) is 4.90 Å². The number of halogens is 3. The summed E-state index contributed by atoms with van der Waals surface area (Å²) < 4.78 is 0. The Morgan fingerprint density at radius 3 is 2.41 bits per heavy atom. The SMILES string of the molecule is Clc1cnc(N2C3CCC2CC(Cl)C3)c(Cl)c1. The molecule has 2 atom stereocenters. The summed E-state index contributed by atoms with van der Waals surface area (Å²) in [4.78, 5) is 6.73. The van der Waals surface area contributed by atoms with E-state index in [1.54, 1.807) is 12.3 Å². The Hall–Kier alpha value is -0.180. The van der Waals surface area contributed by atoms with Crippen molar-refractivity contribution in [3.63, 3.8) is 0 Å². The summed E-state index contributed by atoms with van der Waals surface area (Å²) >= 11 is 18.4. The fourth-order valence-electron chi connectivity index (χ4n) is 3.05. The van der Waals surface area contributed by atoms with Gasteiger partial charge in [0.15, 0.2) is 0 Å². The van der Waals surface area contributed by atoms with E-state index in [1.807, 2.05) is 0 Å². The number of aromatic nitrogens is 1. The minimum absolute atomic E-state index is 0.301. The van der Waals surface area contributed by atoms with Crippen LogP contribution >= 0.6 is 34.8 Å². The Morgan fingerprint density at radius 1 is 1.18 bits per heavy atom. The maximum absolute atomic E-state index is 6.26. The molecule has 2 saturated heterocycles. The van der Waals surface area contributed by atoms with E-state index in [4.69, 9.17) is 34.8 Å². The lowest BCUT2D eigenvalue weighted by Gasteiger charge is -2.38. The van der Waals surface area contributed by atoms with Gasteiger partial charge in [-0.1, -0.05) is 23.2 Å². The molecule has 2 bridgehead atoms. The molecule has 0 aliphatic carbocycles. The van der Waals surface area contributed by atoms with Gasteiger partial charge >= 0.3 is 0 Å². The zero-order chi connectivity index (χ0) is 12.0. The van der Waals surface area contributed by atoms with Crippen molar-refractivity contribution >= 4 is 40.6 Å². The number of pyridine rings is 1. The van der Waals surface area contributed by atoms with Gasteiger partial charge < -0.3 is 4.90 Å². The molecule has 92 valence electrons. The number of hydrogen-bond donors (Lipinski definition) is 0. The second-order valence-electron chi connectivity index (χ2n) is 4.82. The molecule has 0 amide bonds. The van der Waals surface area contributed by atoms with Gasteiger partial charge in [0.05, 0.1) is 10.0 Å². The molecule has 0 radical (unpaired) electrons. The molecule has 0 aromatic carbocycles. The molecule has 2 aliphatic rings. The Morgan fingerprint density at radius 2 is 1.82 bits per heavy atom. The van der Waals surface area contributed by atoms with Crippen LogP contribution in [0.4, 0.5) is 5.82 Å². The Labute approximate surface area is 116 Å². The third kappa shape index (κ3) is 2.11.